The van der Waals surface area contributed by atoms with E-state index in [9.17, 15) is 0 Å². The van der Waals surface area contributed by atoms with Crippen molar-refractivity contribution in [3.05, 3.63) is 34.9 Å². The molecule has 0 N–H and O–H groups in total. The van der Waals surface area contributed by atoms with Gasteiger partial charge in [-0.3, -0.25) is 0 Å². The largest absolute Gasteiger partial charge is 0.0656 e. The summed E-state index contributed by atoms with van der Waals surface area (Å²) < 4.78 is 0. The number of aryl methyl sites for hydroxylation is 2. The van der Waals surface area contributed by atoms with Gasteiger partial charge in [0.2, 0.25) is 0 Å². The molecule has 0 spiro atoms. The predicted octanol–water partition coefficient (Wildman–Crippen LogP) is 6.26. The predicted molar refractivity (Wildman–Crippen MR) is 84.4 cm³/mol. The van der Waals surface area contributed by atoms with Gasteiger partial charge in [0, 0.05) is 0 Å². The minimum absolute atomic E-state index is 0.731. The van der Waals surface area contributed by atoms with Crippen LogP contribution >= 0.6 is 0 Å². The van der Waals surface area contributed by atoms with Crippen LogP contribution in [0.5, 0.6) is 0 Å². The average Bonchev–Trinajstić information content (AvgIpc) is 2.35. The summed E-state index contributed by atoms with van der Waals surface area (Å²) in [4.78, 5) is 0. The van der Waals surface area contributed by atoms with Crippen molar-refractivity contribution in [1.82, 2.24) is 0 Å². The minimum Gasteiger partial charge on any atom is -0.0656 e. The fourth-order valence-corrected chi connectivity index (χ4v) is 2.25. The van der Waals surface area contributed by atoms with Crippen molar-refractivity contribution in [3.8, 4) is 0 Å². The third kappa shape index (κ3) is 5.25. The molecule has 2 unspecified atom stereocenters. The lowest BCUT2D eigenvalue weighted by Gasteiger charge is -2.22. The molecule has 0 aromatic heterocycles. The molecule has 1 aromatic carbocycles. The fourth-order valence-electron chi connectivity index (χ4n) is 2.25. The molecule has 104 valence electrons. The van der Waals surface area contributed by atoms with Gasteiger partial charge < -0.3 is 0 Å². The van der Waals surface area contributed by atoms with Gasteiger partial charge in [0.1, 0.15) is 0 Å². The first-order valence-electron chi connectivity index (χ1n) is 7.58. The smallest absolute Gasteiger partial charge is 0.0139 e. The van der Waals surface area contributed by atoms with Crippen LogP contribution < -0.4 is 0 Å². The maximum Gasteiger partial charge on any atom is -0.0139 e. The van der Waals surface area contributed by atoms with E-state index in [1.807, 2.05) is 0 Å². The Morgan fingerprint density at radius 3 is 1.83 bits per heavy atom. The highest BCUT2D eigenvalue weighted by Gasteiger charge is 2.16. The summed E-state index contributed by atoms with van der Waals surface area (Å²) in [5.41, 5.74) is 4.35. The van der Waals surface area contributed by atoms with Crippen molar-refractivity contribution in [2.75, 3.05) is 0 Å². The summed E-state index contributed by atoms with van der Waals surface area (Å²) >= 11 is 0. The number of hydrogen-bond donors (Lipinski definition) is 0. The Morgan fingerprint density at radius 2 is 1.44 bits per heavy atom. The topological polar surface area (TPSA) is 0 Å². The molecule has 0 saturated carbocycles. The highest BCUT2D eigenvalue weighted by Crippen LogP contribution is 2.30. The van der Waals surface area contributed by atoms with Crippen molar-refractivity contribution < 1.29 is 0 Å². The van der Waals surface area contributed by atoms with E-state index in [-0.39, 0.29) is 0 Å². The van der Waals surface area contributed by atoms with Gasteiger partial charge in [0.15, 0.2) is 0 Å². The molecule has 0 aliphatic heterocycles. The molecule has 0 nitrogen and oxygen atoms in total. The first-order valence-corrected chi connectivity index (χ1v) is 7.58. The first kappa shape index (κ1) is 17.2. The van der Waals surface area contributed by atoms with Crippen molar-refractivity contribution in [1.29, 1.82) is 0 Å². The van der Waals surface area contributed by atoms with E-state index < -0.39 is 0 Å². The third-order valence-corrected chi connectivity index (χ3v) is 3.73. The second-order valence-corrected chi connectivity index (χ2v) is 5.45. The summed E-state index contributed by atoms with van der Waals surface area (Å²) in [6, 6.07) is 6.94. The molecule has 0 bridgehead atoms. The molecule has 1 aromatic rings. The molecule has 0 fully saturated rings. The molecule has 2 atom stereocenters. The molecule has 0 aliphatic rings. The van der Waals surface area contributed by atoms with Gasteiger partial charge in [-0.15, -0.1) is 0 Å². The van der Waals surface area contributed by atoms with Crippen molar-refractivity contribution in [2.24, 2.45) is 5.92 Å². The Labute approximate surface area is 115 Å². The lowest BCUT2D eigenvalue weighted by atomic mass is 9.83. The Balaban J connectivity index is 0.000000873. The van der Waals surface area contributed by atoms with E-state index in [0.717, 1.165) is 11.8 Å². The Bertz CT molecular complexity index is 325. The van der Waals surface area contributed by atoms with E-state index in [1.54, 1.807) is 0 Å². The zero-order valence-corrected chi connectivity index (χ0v) is 13.5. The maximum absolute atomic E-state index is 2.37. The number of rotatable bonds is 4. The Kier molecular flexibility index (Phi) is 8.79. The van der Waals surface area contributed by atoms with Gasteiger partial charge in [0.25, 0.3) is 0 Å². The summed E-state index contributed by atoms with van der Waals surface area (Å²) in [7, 11) is 0. The SMILES string of the molecule is CCC.CCC(C)C(CC)c1ccc(C)c(C)c1. The molecule has 0 heteroatoms. The minimum atomic E-state index is 0.731. The fraction of sp³-hybridized carbons (Fsp3) is 0.667. The maximum atomic E-state index is 2.37. The quantitative estimate of drug-likeness (QED) is 0.590. The molecule has 18 heavy (non-hydrogen) atoms. The second kappa shape index (κ2) is 9.19. The van der Waals surface area contributed by atoms with Gasteiger partial charge in [-0.1, -0.05) is 65.7 Å². The molecular weight excluding hydrogens is 216 g/mol. The van der Waals surface area contributed by atoms with Gasteiger partial charge in [-0.25, -0.2) is 0 Å². The van der Waals surface area contributed by atoms with Crippen LogP contribution in [0.2, 0.25) is 0 Å². The van der Waals surface area contributed by atoms with E-state index in [1.165, 1.54) is 36.0 Å². The van der Waals surface area contributed by atoms with E-state index in [4.69, 9.17) is 0 Å². The van der Waals surface area contributed by atoms with Crippen LogP contribution in [0.4, 0.5) is 0 Å². The van der Waals surface area contributed by atoms with E-state index in [2.05, 4.69) is 66.7 Å². The highest BCUT2D eigenvalue weighted by atomic mass is 14.2. The molecule has 0 saturated heterocycles. The molecule has 0 heterocycles. The Morgan fingerprint density at radius 1 is 0.889 bits per heavy atom. The van der Waals surface area contributed by atoms with Crippen LogP contribution in [-0.4, -0.2) is 0 Å². The second-order valence-electron chi connectivity index (χ2n) is 5.45. The van der Waals surface area contributed by atoms with Crippen LogP contribution in [0.1, 0.15) is 76.5 Å². The van der Waals surface area contributed by atoms with Crippen molar-refractivity contribution >= 4 is 0 Å². The van der Waals surface area contributed by atoms with Crippen molar-refractivity contribution in [2.45, 2.75) is 73.6 Å². The molecule has 0 radical (unpaired) electrons. The normalized spacial score (nSPS) is 13.5. The van der Waals surface area contributed by atoms with Gasteiger partial charge in [-0.2, -0.15) is 0 Å². The monoisotopic (exact) mass is 248 g/mol. The van der Waals surface area contributed by atoms with Gasteiger partial charge >= 0.3 is 0 Å². The van der Waals surface area contributed by atoms with Crippen LogP contribution in [0.25, 0.3) is 0 Å². The van der Waals surface area contributed by atoms with E-state index >= 15 is 0 Å². The van der Waals surface area contributed by atoms with Crippen LogP contribution in [0.15, 0.2) is 18.2 Å². The van der Waals surface area contributed by atoms with Crippen LogP contribution in [0, 0.1) is 19.8 Å². The lowest BCUT2D eigenvalue weighted by molar-refractivity contribution is 0.435. The van der Waals surface area contributed by atoms with Crippen LogP contribution in [0.3, 0.4) is 0 Å². The van der Waals surface area contributed by atoms with Crippen LogP contribution in [-0.2, 0) is 0 Å². The summed E-state index contributed by atoms with van der Waals surface area (Å²) in [5, 5.41) is 0. The third-order valence-electron chi connectivity index (χ3n) is 3.73. The number of benzene rings is 1. The average molecular weight is 248 g/mol. The molecular formula is C18H32. The zero-order valence-electron chi connectivity index (χ0n) is 13.5. The summed E-state index contributed by atoms with van der Waals surface area (Å²) in [5.74, 6) is 1.52. The summed E-state index contributed by atoms with van der Waals surface area (Å²) in [6.07, 6.45) is 3.77. The van der Waals surface area contributed by atoms with Gasteiger partial charge in [0.05, 0.1) is 0 Å². The van der Waals surface area contributed by atoms with Crippen molar-refractivity contribution in [3.63, 3.8) is 0 Å². The molecule has 1 rings (SSSR count). The first-order chi connectivity index (χ1) is 8.51. The van der Waals surface area contributed by atoms with Gasteiger partial charge in [-0.05, 0) is 48.8 Å². The standard InChI is InChI=1S/C15H24.C3H8/c1-6-11(3)15(7-2)14-9-8-12(4)13(5)10-14;1-3-2/h8-11,15H,6-7H2,1-5H3;3H2,1-2H3. The van der Waals surface area contributed by atoms with E-state index in [0.29, 0.717) is 0 Å². The Hall–Kier alpha value is -0.780. The highest BCUT2D eigenvalue weighted by molar-refractivity contribution is 5.32. The molecule has 0 amide bonds. The zero-order chi connectivity index (χ0) is 14.1. The molecule has 0 aliphatic carbocycles. The lowest BCUT2D eigenvalue weighted by Crippen LogP contribution is -2.08. The summed E-state index contributed by atoms with van der Waals surface area (Å²) in [6.45, 7) is 15.6. The number of hydrogen-bond acceptors (Lipinski definition) is 0.